The smallest absolute Gasteiger partial charge is 0.191 e. The van der Waals surface area contributed by atoms with Gasteiger partial charge in [0.05, 0.1) is 17.4 Å². The van der Waals surface area contributed by atoms with E-state index in [2.05, 4.69) is 60.6 Å². The highest BCUT2D eigenvalue weighted by atomic mass is 15.3. The Balaban J connectivity index is 1.24. The Morgan fingerprint density at radius 1 is 1.00 bits per heavy atom. The molecule has 0 radical (unpaired) electrons. The molecule has 7 heteroatoms. The number of para-hydroxylation sites is 2. The standard InChI is InChI=1S/C23H27N7/c1-24-23(25-12-4-14-30-15-5-13-28-30)26-16-19-8-10-20(11-9-19)17-29-18-27-21-6-2-3-7-22(21)29/h2-3,5-11,13,15,18H,4,12,14,16-17H2,1H3,(H2,24,25,26). The van der Waals surface area contributed by atoms with Gasteiger partial charge < -0.3 is 15.2 Å². The van der Waals surface area contributed by atoms with Crippen LogP contribution in [-0.2, 0) is 19.6 Å². The van der Waals surface area contributed by atoms with E-state index >= 15 is 0 Å². The van der Waals surface area contributed by atoms with Crippen LogP contribution in [0.25, 0.3) is 11.0 Å². The molecule has 2 N–H and O–H groups in total. The summed E-state index contributed by atoms with van der Waals surface area (Å²) in [6, 6.07) is 18.8. The van der Waals surface area contributed by atoms with Crippen LogP contribution < -0.4 is 10.6 Å². The van der Waals surface area contributed by atoms with Crippen molar-refractivity contribution in [3.05, 3.63) is 84.4 Å². The van der Waals surface area contributed by atoms with E-state index in [-0.39, 0.29) is 0 Å². The molecule has 7 nitrogen and oxygen atoms in total. The van der Waals surface area contributed by atoms with Gasteiger partial charge in [0.15, 0.2) is 5.96 Å². The summed E-state index contributed by atoms with van der Waals surface area (Å²) in [7, 11) is 1.79. The summed E-state index contributed by atoms with van der Waals surface area (Å²) in [6.45, 7) is 3.28. The Morgan fingerprint density at radius 2 is 1.83 bits per heavy atom. The van der Waals surface area contributed by atoms with Gasteiger partial charge in [-0.05, 0) is 35.7 Å². The Kier molecular flexibility index (Phi) is 6.39. The molecule has 30 heavy (non-hydrogen) atoms. The first-order valence-electron chi connectivity index (χ1n) is 10.2. The minimum absolute atomic E-state index is 0.729. The highest BCUT2D eigenvalue weighted by Gasteiger charge is 2.03. The molecule has 0 aliphatic rings. The third-order valence-electron chi connectivity index (χ3n) is 5.00. The Hall–Kier alpha value is -3.61. The van der Waals surface area contributed by atoms with Gasteiger partial charge in [0, 0.05) is 45.6 Å². The highest BCUT2D eigenvalue weighted by molar-refractivity contribution is 5.79. The molecule has 0 spiro atoms. The third kappa shape index (κ3) is 5.05. The molecule has 0 unspecified atom stereocenters. The topological polar surface area (TPSA) is 72.1 Å². The molecular formula is C23H27N7. The van der Waals surface area contributed by atoms with Crippen LogP contribution in [0.15, 0.2) is 78.3 Å². The number of imidazole rings is 1. The van der Waals surface area contributed by atoms with Crippen LogP contribution in [0.3, 0.4) is 0 Å². The number of rotatable bonds is 8. The first kappa shape index (κ1) is 19.7. The lowest BCUT2D eigenvalue weighted by Gasteiger charge is -2.12. The quantitative estimate of drug-likeness (QED) is 0.270. The molecule has 0 bridgehead atoms. The maximum atomic E-state index is 4.46. The molecule has 2 aromatic heterocycles. The van der Waals surface area contributed by atoms with Crippen LogP contribution in [0.5, 0.6) is 0 Å². The Morgan fingerprint density at radius 3 is 2.63 bits per heavy atom. The van der Waals surface area contributed by atoms with Gasteiger partial charge in [-0.1, -0.05) is 36.4 Å². The zero-order valence-corrected chi connectivity index (χ0v) is 17.2. The fourth-order valence-electron chi connectivity index (χ4n) is 3.38. The molecule has 0 aliphatic carbocycles. The molecule has 0 fully saturated rings. The number of aromatic nitrogens is 4. The number of nitrogens with zero attached hydrogens (tertiary/aromatic N) is 5. The molecule has 0 amide bonds. The lowest BCUT2D eigenvalue weighted by molar-refractivity contribution is 0.570. The number of aryl methyl sites for hydroxylation is 1. The first-order valence-corrected chi connectivity index (χ1v) is 10.2. The second-order valence-electron chi connectivity index (χ2n) is 7.15. The van der Waals surface area contributed by atoms with Crippen LogP contribution in [0, 0.1) is 0 Å². The van der Waals surface area contributed by atoms with E-state index in [1.807, 2.05) is 41.5 Å². The molecule has 0 saturated carbocycles. The fraction of sp³-hybridized carbons (Fsp3) is 0.261. The van der Waals surface area contributed by atoms with Gasteiger partial charge in [-0.15, -0.1) is 0 Å². The molecule has 2 aromatic carbocycles. The molecule has 4 rings (SSSR count). The zero-order valence-electron chi connectivity index (χ0n) is 17.2. The summed E-state index contributed by atoms with van der Waals surface area (Å²) < 4.78 is 4.11. The molecular weight excluding hydrogens is 374 g/mol. The van der Waals surface area contributed by atoms with Crippen LogP contribution >= 0.6 is 0 Å². The van der Waals surface area contributed by atoms with Crippen molar-refractivity contribution in [2.75, 3.05) is 13.6 Å². The van der Waals surface area contributed by atoms with E-state index in [0.717, 1.165) is 49.6 Å². The third-order valence-corrected chi connectivity index (χ3v) is 5.00. The van der Waals surface area contributed by atoms with Crippen molar-refractivity contribution in [2.45, 2.75) is 26.1 Å². The van der Waals surface area contributed by atoms with Crippen molar-refractivity contribution in [1.29, 1.82) is 0 Å². The lowest BCUT2D eigenvalue weighted by Crippen LogP contribution is -2.37. The van der Waals surface area contributed by atoms with Crippen LogP contribution in [0.1, 0.15) is 17.5 Å². The van der Waals surface area contributed by atoms with E-state index in [1.54, 1.807) is 13.2 Å². The number of hydrogen-bond donors (Lipinski definition) is 2. The summed E-state index contributed by atoms with van der Waals surface area (Å²) in [4.78, 5) is 8.76. The zero-order chi connectivity index (χ0) is 20.6. The minimum Gasteiger partial charge on any atom is -0.356 e. The largest absolute Gasteiger partial charge is 0.356 e. The van der Waals surface area contributed by atoms with Crippen LogP contribution in [-0.4, -0.2) is 38.9 Å². The number of guanidine groups is 1. The summed E-state index contributed by atoms with van der Waals surface area (Å²) >= 11 is 0. The molecule has 0 atom stereocenters. The minimum atomic E-state index is 0.729. The maximum Gasteiger partial charge on any atom is 0.191 e. The van der Waals surface area contributed by atoms with Gasteiger partial charge >= 0.3 is 0 Å². The number of benzene rings is 2. The Labute approximate surface area is 176 Å². The lowest BCUT2D eigenvalue weighted by atomic mass is 10.1. The number of hydrogen-bond acceptors (Lipinski definition) is 3. The van der Waals surface area contributed by atoms with Crippen molar-refractivity contribution < 1.29 is 0 Å². The van der Waals surface area contributed by atoms with Crippen LogP contribution in [0.2, 0.25) is 0 Å². The number of fused-ring (bicyclic) bond motifs is 1. The fourth-order valence-corrected chi connectivity index (χ4v) is 3.38. The average molecular weight is 402 g/mol. The van der Waals surface area contributed by atoms with Gasteiger partial charge in [0.1, 0.15) is 0 Å². The van der Waals surface area contributed by atoms with Crippen molar-refractivity contribution in [3.8, 4) is 0 Å². The Bertz CT molecular complexity index is 1080. The van der Waals surface area contributed by atoms with E-state index < -0.39 is 0 Å². The SMILES string of the molecule is CN=C(NCCCn1cccn1)NCc1ccc(Cn2cnc3ccccc32)cc1. The molecule has 2 heterocycles. The van der Waals surface area contributed by atoms with Crippen molar-refractivity contribution in [3.63, 3.8) is 0 Å². The average Bonchev–Trinajstić information content (AvgIpc) is 3.45. The predicted molar refractivity (Wildman–Crippen MR) is 120 cm³/mol. The second-order valence-corrected chi connectivity index (χ2v) is 7.15. The molecule has 0 aliphatic heterocycles. The first-order chi connectivity index (χ1) is 14.8. The van der Waals surface area contributed by atoms with Gasteiger partial charge in [-0.2, -0.15) is 5.10 Å². The van der Waals surface area contributed by atoms with Crippen molar-refractivity contribution in [1.82, 2.24) is 30.0 Å². The monoisotopic (exact) mass is 401 g/mol. The predicted octanol–water partition coefficient (Wildman–Crippen LogP) is 3.04. The van der Waals surface area contributed by atoms with Crippen molar-refractivity contribution >= 4 is 17.0 Å². The second kappa shape index (κ2) is 9.73. The normalized spacial score (nSPS) is 11.7. The summed E-state index contributed by atoms with van der Waals surface area (Å²) in [5.41, 5.74) is 4.66. The van der Waals surface area contributed by atoms with Crippen LogP contribution in [0.4, 0.5) is 0 Å². The van der Waals surface area contributed by atoms with Crippen molar-refractivity contribution in [2.24, 2.45) is 4.99 Å². The summed E-state index contributed by atoms with van der Waals surface area (Å²) in [5, 5.41) is 10.9. The van der Waals surface area contributed by atoms with E-state index in [0.29, 0.717) is 0 Å². The molecule has 0 saturated heterocycles. The van der Waals surface area contributed by atoms with Gasteiger partial charge in [-0.3, -0.25) is 9.67 Å². The number of aliphatic imine (C=N–C) groups is 1. The van der Waals surface area contributed by atoms with E-state index in [1.165, 1.54) is 11.1 Å². The number of nitrogens with one attached hydrogen (secondary N) is 2. The van der Waals surface area contributed by atoms with Gasteiger partial charge in [-0.25, -0.2) is 4.98 Å². The van der Waals surface area contributed by atoms with Gasteiger partial charge in [0.25, 0.3) is 0 Å². The van der Waals surface area contributed by atoms with Gasteiger partial charge in [0.2, 0.25) is 0 Å². The summed E-state index contributed by atoms with van der Waals surface area (Å²) in [6.07, 6.45) is 6.67. The summed E-state index contributed by atoms with van der Waals surface area (Å²) in [5.74, 6) is 0.810. The van der Waals surface area contributed by atoms with E-state index in [9.17, 15) is 0 Å². The highest BCUT2D eigenvalue weighted by Crippen LogP contribution is 2.14. The van der Waals surface area contributed by atoms with E-state index in [4.69, 9.17) is 0 Å². The molecule has 4 aromatic rings. The maximum absolute atomic E-state index is 4.46. The molecule has 154 valence electrons.